The molecule has 3 heteroatoms. The lowest BCUT2D eigenvalue weighted by molar-refractivity contribution is -0.120. The topological polar surface area (TPSA) is 26.3 Å². The van der Waals surface area contributed by atoms with Gasteiger partial charge in [-0.15, -0.1) is 11.8 Å². The summed E-state index contributed by atoms with van der Waals surface area (Å²) in [6, 6.07) is 8.27. The molecule has 2 nitrogen and oxygen atoms in total. The summed E-state index contributed by atoms with van der Waals surface area (Å²) in [6.45, 7) is 4.06. The highest BCUT2D eigenvalue weighted by Crippen LogP contribution is 2.33. The predicted octanol–water partition coefficient (Wildman–Crippen LogP) is 4.08. The Morgan fingerprint density at radius 2 is 1.78 bits per heavy atom. The Bertz CT molecular complexity index is 387. The van der Waals surface area contributed by atoms with Crippen LogP contribution in [0.25, 0.3) is 0 Å². The number of thioether (sulfide) groups is 1. The molecule has 0 saturated heterocycles. The molecule has 0 unspecified atom stereocenters. The Hall–Kier alpha value is -0.960. The van der Waals surface area contributed by atoms with Crippen molar-refractivity contribution in [3.05, 3.63) is 24.3 Å². The average Bonchev–Trinajstić information content (AvgIpc) is 2.34. The van der Waals surface area contributed by atoms with Crippen molar-refractivity contribution >= 4 is 17.5 Å². The van der Waals surface area contributed by atoms with Crippen molar-refractivity contribution < 1.29 is 9.53 Å². The van der Waals surface area contributed by atoms with Crippen LogP contribution in [0.1, 0.15) is 39.5 Å². The number of Topliss-reactive ketones (excluding diaryl/α,β-unsaturated/α-hetero) is 1. The molecule has 1 aromatic carbocycles. The highest BCUT2D eigenvalue weighted by molar-refractivity contribution is 8.00. The minimum absolute atomic E-state index is 0.216. The van der Waals surface area contributed by atoms with Gasteiger partial charge in [-0.3, -0.25) is 4.79 Å². The fourth-order valence-corrected chi connectivity index (χ4v) is 3.24. The quantitative estimate of drug-likeness (QED) is 0.819. The van der Waals surface area contributed by atoms with Crippen molar-refractivity contribution in [1.82, 2.24) is 0 Å². The molecule has 2 rings (SSSR count). The van der Waals surface area contributed by atoms with Gasteiger partial charge in [-0.1, -0.05) is 0 Å². The normalized spacial score (nSPS) is 17.2. The first kappa shape index (κ1) is 13.5. The van der Waals surface area contributed by atoms with E-state index in [1.165, 1.54) is 4.90 Å². The van der Waals surface area contributed by atoms with Crippen LogP contribution in [0.15, 0.2) is 29.2 Å². The van der Waals surface area contributed by atoms with Gasteiger partial charge in [0.05, 0.1) is 6.10 Å². The Morgan fingerprint density at radius 3 is 2.33 bits per heavy atom. The minimum atomic E-state index is 0.216. The van der Waals surface area contributed by atoms with Gasteiger partial charge in [0, 0.05) is 23.0 Å². The summed E-state index contributed by atoms with van der Waals surface area (Å²) in [5.74, 6) is 1.35. The molecule has 98 valence electrons. The molecule has 0 radical (unpaired) electrons. The van der Waals surface area contributed by atoms with Gasteiger partial charge < -0.3 is 4.74 Å². The van der Waals surface area contributed by atoms with Crippen LogP contribution in [0.4, 0.5) is 0 Å². The minimum Gasteiger partial charge on any atom is -0.491 e. The first-order valence-corrected chi connectivity index (χ1v) is 7.46. The van der Waals surface area contributed by atoms with Crippen LogP contribution in [0, 0.1) is 0 Å². The lowest BCUT2D eigenvalue weighted by Crippen LogP contribution is -2.15. The van der Waals surface area contributed by atoms with E-state index >= 15 is 0 Å². The molecule has 0 atom stereocenters. The summed E-state index contributed by atoms with van der Waals surface area (Å²) in [5.41, 5.74) is 0. The van der Waals surface area contributed by atoms with Crippen LogP contribution in [0.5, 0.6) is 5.75 Å². The fourth-order valence-electron chi connectivity index (χ4n) is 2.09. The van der Waals surface area contributed by atoms with Crippen LogP contribution in [0.3, 0.4) is 0 Å². The number of hydrogen-bond acceptors (Lipinski definition) is 3. The largest absolute Gasteiger partial charge is 0.491 e. The maximum atomic E-state index is 11.2. The van der Waals surface area contributed by atoms with Crippen LogP contribution < -0.4 is 4.74 Å². The van der Waals surface area contributed by atoms with Crippen molar-refractivity contribution in [2.45, 2.75) is 55.8 Å². The van der Waals surface area contributed by atoms with Crippen molar-refractivity contribution in [1.29, 1.82) is 0 Å². The maximum absolute atomic E-state index is 11.2. The highest BCUT2D eigenvalue weighted by Gasteiger charge is 2.19. The number of ether oxygens (including phenoxy) is 1. The number of benzene rings is 1. The van der Waals surface area contributed by atoms with Crippen LogP contribution in [0.2, 0.25) is 0 Å². The smallest absolute Gasteiger partial charge is 0.132 e. The van der Waals surface area contributed by atoms with E-state index in [1.807, 2.05) is 37.7 Å². The Morgan fingerprint density at radius 1 is 1.17 bits per heavy atom. The molecule has 1 aliphatic rings. The van der Waals surface area contributed by atoms with Gasteiger partial charge in [0.2, 0.25) is 0 Å². The summed E-state index contributed by atoms with van der Waals surface area (Å²) in [5, 5.41) is 0.597. The molecule has 1 saturated carbocycles. The Balaban J connectivity index is 1.88. The molecule has 18 heavy (non-hydrogen) atoms. The number of rotatable bonds is 4. The van der Waals surface area contributed by atoms with Gasteiger partial charge in [0.1, 0.15) is 11.5 Å². The fraction of sp³-hybridized carbons (Fsp3) is 0.533. The molecule has 1 aromatic rings. The van der Waals surface area contributed by atoms with E-state index in [0.717, 1.165) is 31.4 Å². The van der Waals surface area contributed by atoms with Crippen LogP contribution in [-0.2, 0) is 4.79 Å². The second-order valence-electron chi connectivity index (χ2n) is 4.99. The third-order valence-electron chi connectivity index (χ3n) is 2.99. The molecule has 0 spiro atoms. The molecule has 0 N–H and O–H groups in total. The first-order valence-electron chi connectivity index (χ1n) is 6.58. The first-order chi connectivity index (χ1) is 8.63. The lowest BCUT2D eigenvalue weighted by atomic mass is 9.99. The third-order valence-corrected chi connectivity index (χ3v) is 4.34. The molecular weight excluding hydrogens is 244 g/mol. The van der Waals surface area contributed by atoms with E-state index in [1.54, 1.807) is 0 Å². The standard InChI is InChI=1S/C15H20O2S/c1-11(2)17-13-5-9-15(10-6-13)18-14-7-3-12(16)4-8-14/h5-6,9-11,14H,3-4,7-8H2,1-2H3. The monoisotopic (exact) mass is 264 g/mol. The van der Waals surface area contributed by atoms with Crippen molar-refractivity contribution in [3.8, 4) is 5.75 Å². The molecule has 0 aromatic heterocycles. The predicted molar refractivity (Wildman–Crippen MR) is 75.3 cm³/mol. The van der Waals surface area contributed by atoms with E-state index in [-0.39, 0.29) is 6.10 Å². The van der Waals surface area contributed by atoms with Gasteiger partial charge in [-0.05, 0) is 51.0 Å². The van der Waals surface area contributed by atoms with Crippen molar-refractivity contribution in [3.63, 3.8) is 0 Å². The summed E-state index contributed by atoms with van der Waals surface area (Å²) >= 11 is 1.89. The van der Waals surface area contributed by atoms with Crippen molar-refractivity contribution in [2.24, 2.45) is 0 Å². The summed E-state index contributed by atoms with van der Waals surface area (Å²) < 4.78 is 5.62. The molecule has 0 amide bonds. The van der Waals surface area contributed by atoms with E-state index in [9.17, 15) is 4.79 Å². The maximum Gasteiger partial charge on any atom is 0.132 e. The van der Waals surface area contributed by atoms with Gasteiger partial charge in [-0.25, -0.2) is 0 Å². The van der Waals surface area contributed by atoms with E-state index in [0.29, 0.717) is 11.0 Å². The van der Waals surface area contributed by atoms with Gasteiger partial charge in [0.15, 0.2) is 0 Å². The highest BCUT2D eigenvalue weighted by atomic mass is 32.2. The summed E-state index contributed by atoms with van der Waals surface area (Å²) in [7, 11) is 0. The van der Waals surface area contributed by atoms with Crippen LogP contribution >= 0.6 is 11.8 Å². The second-order valence-corrected chi connectivity index (χ2v) is 6.37. The number of ketones is 1. The summed E-state index contributed by atoms with van der Waals surface area (Å²) in [6.07, 6.45) is 3.77. The number of carbonyl (C=O) groups is 1. The van der Waals surface area contributed by atoms with Crippen molar-refractivity contribution in [2.75, 3.05) is 0 Å². The summed E-state index contributed by atoms with van der Waals surface area (Å²) in [4.78, 5) is 12.5. The van der Waals surface area contributed by atoms with Gasteiger partial charge in [-0.2, -0.15) is 0 Å². The molecular formula is C15H20O2S. The third kappa shape index (κ3) is 4.05. The molecule has 0 aliphatic heterocycles. The number of hydrogen-bond donors (Lipinski definition) is 0. The lowest BCUT2D eigenvalue weighted by Gasteiger charge is -2.20. The molecule has 1 aliphatic carbocycles. The zero-order valence-electron chi connectivity index (χ0n) is 11.0. The van der Waals surface area contributed by atoms with Gasteiger partial charge >= 0.3 is 0 Å². The van der Waals surface area contributed by atoms with E-state index < -0.39 is 0 Å². The average molecular weight is 264 g/mol. The number of carbonyl (C=O) groups excluding carboxylic acids is 1. The van der Waals surface area contributed by atoms with Crippen LogP contribution in [-0.4, -0.2) is 17.1 Å². The Kier molecular flexibility index (Phi) is 4.70. The molecule has 0 heterocycles. The SMILES string of the molecule is CC(C)Oc1ccc(SC2CCC(=O)CC2)cc1. The molecule has 1 fully saturated rings. The zero-order chi connectivity index (χ0) is 13.0. The zero-order valence-corrected chi connectivity index (χ0v) is 11.8. The second kappa shape index (κ2) is 6.28. The van der Waals surface area contributed by atoms with E-state index in [2.05, 4.69) is 12.1 Å². The Labute approximate surface area is 113 Å². The molecule has 0 bridgehead atoms. The van der Waals surface area contributed by atoms with E-state index in [4.69, 9.17) is 4.74 Å². The van der Waals surface area contributed by atoms with Gasteiger partial charge in [0.25, 0.3) is 0 Å².